The molecule has 8 fully saturated rings. The Labute approximate surface area is 516 Å². The second kappa shape index (κ2) is 27.4. The Bertz CT molecular complexity index is 2390. The number of Topliss-reactive ketones (excluding diaryl/α,β-unsaturated/α-hetero) is 1. The van der Waals surface area contributed by atoms with Crippen LogP contribution < -0.4 is 0 Å². The van der Waals surface area contributed by atoms with Crippen molar-refractivity contribution < 1.29 is 144 Å². The number of hydrogen-bond donors (Lipinski definition) is 18. The fourth-order valence-electron chi connectivity index (χ4n) is 16.7. The predicted molar refractivity (Wildman–Crippen MR) is 299 cm³/mol. The molecule has 0 aromatic rings. The summed E-state index contributed by atoms with van der Waals surface area (Å²) in [5.41, 5.74) is -2.96. The normalized spacial score (nSPS) is 51.0. The summed E-state index contributed by atoms with van der Waals surface area (Å²) in [5.74, 6) is -0.178. The van der Waals surface area contributed by atoms with E-state index in [4.69, 9.17) is 47.4 Å². The molecule has 0 spiro atoms. The first-order valence-electron chi connectivity index (χ1n) is 31.4. The SMILES string of the molecule is C[C@H](CC[C@@H](O[C@@H]1O[C@H](CO[C@@H]2O[C@H](CO)[C@@H](O)[C@H](O)[C@H]2O)[C@@H](O)[C@H](O)[C@H]1O[C@@H]1O[C@H](CO)[C@@H](O)[C@H](O)[C@H]1O)C(C)(C)O)[C@H]1CC[C@@]2(C)[C@H]3CC=C4[C@@H](CC[C@H](O[C@@H]5O[C@H](CO[C@@H]6O[C@H](CO)[C@@H](O)[C@H](O)[C@H]6O)[C@@H](O)[C@H](O)[C@H]5O)C4(C)C)[C@]3(C)C(=O)C[C@]12C. The van der Waals surface area contributed by atoms with Gasteiger partial charge in [0.1, 0.15) is 128 Å². The summed E-state index contributed by atoms with van der Waals surface area (Å²) in [6.07, 6.45) is -37.4. The largest absolute Gasteiger partial charge is 0.394 e. The Kier molecular flexibility index (Phi) is 22.1. The minimum absolute atomic E-state index is 0.00532. The standard InChI is InChI=1S/C60H100O29/c1-23(9-13-35(57(4,5)79)88-55-50(89-54-49(78)43(72)38(67)29(20-63)84-54)45(74)40(69)31(86-55)22-81-52-47(76)42(71)37(66)28(19-62)83-52)24-15-16-58(6)32-12-10-25-26(60(32,8)33(64)17-59(24,58)7)11-14-34(56(25,2)3)87-53-48(77)44(73)39(68)30(85-53)21-80-51-46(75)41(70)36(65)27(18-61)82-51/h10,23-24,26-32,34-55,61-63,65-79H,9,11-22H2,1-8H3/t23-,24-,26-,27-,28-,29-,30-,31-,32-,34+,35-,36-,37-,38-,39-,40-,41+,42+,43+,44+,45+,46-,47-,48-,49-,50-,51-,52-,53+,54+,55+,58+,59-,60+/m1/s1. The van der Waals surface area contributed by atoms with E-state index >= 15 is 4.79 Å². The van der Waals surface area contributed by atoms with Crippen LogP contribution in [0.3, 0.4) is 0 Å². The van der Waals surface area contributed by atoms with E-state index in [1.165, 1.54) is 13.8 Å². The van der Waals surface area contributed by atoms with E-state index in [-0.39, 0.29) is 47.7 Å². The summed E-state index contributed by atoms with van der Waals surface area (Å²) in [6.45, 7) is 12.2. The molecule has 0 aromatic carbocycles. The number of ketones is 1. The van der Waals surface area contributed by atoms with E-state index in [0.29, 0.717) is 25.7 Å². The van der Waals surface area contributed by atoms with Crippen LogP contribution in [0.25, 0.3) is 0 Å². The van der Waals surface area contributed by atoms with Crippen LogP contribution in [0.2, 0.25) is 0 Å². The van der Waals surface area contributed by atoms with Crippen molar-refractivity contribution in [2.24, 2.45) is 45.3 Å². The van der Waals surface area contributed by atoms with Gasteiger partial charge in [0.25, 0.3) is 0 Å². The molecule has 0 radical (unpaired) electrons. The highest BCUT2D eigenvalue weighted by Crippen LogP contribution is 2.74. The number of rotatable bonds is 20. The fourth-order valence-corrected chi connectivity index (χ4v) is 16.7. The Hall–Kier alpha value is -1.71. The average Bonchev–Trinajstić information content (AvgIpc) is 1.66. The Morgan fingerprint density at radius 3 is 1.47 bits per heavy atom. The van der Waals surface area contributed by atoms with Crippen LogP contribution >= 0.6 is 0 Å². The van der Waals surface area contributed by atoms with Gasteiger partial charge < -0.3 is 139 Å². The zero-order chi connectivity index (χ0) is 65.5. The zero-order valence-corrected chi connectivity index (χ0v) is 51.7. The first-order chi connectivity index (χ1) is 41.6. The number of ether oxygens (including phenoxy) is 10. The minimum Gasteiger partial charge on any atom is -0.394 e. The molecule has 0 amide bonds. The quantitative estimate of drug-likeness (QED) is 0.0507. The number of allylic oxidation sites excluding steroid dienone is 1. The molecule has 34 atom stereocenters. The monoisotopic (exact) mass is 1280 g/mol. The van der Waals surface area contributed by atoms with Crippen molar-refractivity contribution in [1.82, 2.24) is 0 Å². The van der Waals surface area contributed by atoms with Crippen LogP contribution in [0.5, 0.6) is 0 Å². The van der Waals surface area contributed by atoms with Gasteiger partial charge in [-0.15, -0.1) is 0 Å². The molecule has 5 saturated heterocycles. The van der Waals surface area contributed by atoms with Gasteiger partial charge in [-0.1, -0.05) is 53.2 Å². The van der Waals surface area contributed by atoms with Crippen LogP contribution in [0.1, 0.15) is 107 Å². The highest BCUT2D eigenvalue weighted by Gasteiger charge is 2.71. The van der Waals surface area contributed by atoms with E-state index < -0.39 is 221 Å². The molecule has 4 aliphatic carbocycles. The number of hydrogen-bond acceptors (Lipinski definition) is 29. The summed E-state index contributed by atoms with van der Waals surface area (Å²) in [4.78, 5) is 15.4. The van der Waals surface area contributed by atoms with Crippen LogP contribution in [0, 0.1) is 45.3 Å². The van der Waals surface area contributed by atoms with Crippen LogP contribution in [-0.4, -0.2) is 302 Å². The van der Waals surface area contributed by atoms with Gasteiger partial charge in [-0.2, -0.15) is 0 Å². The lowest BCUT2D eigenvalue weighted by Crippen LogP contribution is -2.65. The van der Waals surface area contributed by atoms with Gasteiger partial charge in [0.15, 0.2) is 31.5 Å². The lowest BCUT2D eigenvalue weighted by atomic mass is 9.38. The van der Waals surface area contributed by atoms with Crippen molar-refractivity contribution in [3.05, 3.63) is 11.6 Å². The molecular weight excluding hydrogens is 1180 g/mol. The van der Waals surface area contributed by atoms with Crippen molar-refractivity contribution in [1.29, 1.82) is 0 Å². The zero-order valence-electron chi connectivity index (χ0n) is 51.7. The number of aliphatic hydroxyl groups is 18. The van der Waals surface area contributed by atoms with Crippen LogP contribution in [-0.2, 0) is 52.2 Å². The van der Waals surface area contributed by atoms with Crippen molar-refractivity contribution in [3.63, 3.8) is 0 Å². The minimum atomic E-state index is -1.97. The van der Waals surface area contributed by atoms with Crippen LogP contribution in [0.15, 0.2) is 11.6 Å². The maximum absolute atomic E-state index is 15.4. The van der Waals surface area contributed by atoms with E-state index in [1.54, 1.807) is 0 Å². The summed E-state index contributed by atoms with van der Waals surface area (Å²) >= 11 is 0. The lowest BCUT2D eigenvalue weighted by Gasteiger charge is -2.65. The maximum Gasteiger partial charge on any atom is 0.187 e. The number of carbonyl (C=O) groups excluding carboxylic acids is 1. The Balaban J connectivity index is 0.884. The highest BCUT2D eigenvalue weighted by atomic mass is 16.8. The maximum atomic E-state index is 15.4. The number of carbonyl (C=O) groups is 1. The van der Waals surface area contributed by atoms with Crippen molar-refractivity contribution in [3.8, 4) is 0 Å². The smallest absolute Gasteiger partial charge is 0.187 e. The average molecular weight is 1290 g/mol. The molecule has 0 aromatic heterocycles. The van der Waals surface area contributed by atoms with Gasteiger partial charge in [0, 0.05) is 17.3 Å². The molecule has 89 heavy (non-hydrogen) atoms. The van der Waals surface area contributed by atoms with Gasteiger partial charge in [0.05, 0.1) is 50.8 Å². The third-order valence-corrected chi connectivity index (χ3v) is 22.6. The first-order valence-corrected chi connectivity index (χ1v) is 31.4. The van der Waals surface area contributed by atoms with E-state index in [0.717, 1.165) is 18.4 Å². The molecule has 18 N–H and O–H groups in total. The number of fused-ring (bicyclic) bond motifs is 5. The van der Waals surface area contributed by atoms with E-state index in [2.05, 4.69) is 33.8 Å². The summed E-state index contributed by atoms with van der Waals surface area (Å²) < 4.78 is 59.2. The summed E-state index contributed by atoms with van der Waals surface area (Å²) in [5, 5.41) is 192. The highest BCUT2D eigenvalue weighted by molar-refractivity contribution is 5.88. The summed E-state index contributed by atoms with van der Waals surface area (Å²) in [7, 11) is 0. The topological polar surface area (TPSA) is 474 Å². The molecule has 9 aliphatic rings. The third-order valence-electron chi connectivity index (χ3n) is 22.6. The van der Waals surface area contributed by atoms with Gasteiger partial charge in [-0.05, 0) is 93.3 Å². The summed E-state index contributed by atoms with van der Waals surface area (Å²) in [6, 6.07) is 0. The molecule has 0 bridgehead atoms. The predicted octanol–water partition coefficient (Wildman–Crippen LogP) is -5.20. The van der Waals surface area contributed by atoms with Gasteiger partial charge in [-0.3, -0.25) is 4.79 Å². The van der Waals surface area contributed by atoms with Crippen molar-refractivity contribution in [2.45, 2.75) is 278 Å². The fraction of sp³-hybridized carbons (Fsp3) is 0.950. The second-order valence-electron chi connectivity index (χ2n) is 28.5. The van der Waals surface area contributed by atoms with Crippen molar-refractivity contribution in [2.75, 3.05) is 33.0 Å². The first kappa shape index (κ1) is 71.6. The van der Waals surface area contributed by atoms with Crippen molar-refractivity contribution >= 4 is 5.78 Å². The second-order valence-corrected chi connectivity index (χ2v) is 28.5. The van der Waals surface area contributed by atoms with Gasteiger partial charge >= 0.3 is 0 Å². The molecule has 29 nitrogen and oxygen atoms in total. The Morgan fingerprint density at radius 2 is 0.978 bits per heavy atom. The Morgan fingerprint density at radius 1 is 0.539 bits per heavy atom. The molecule has 514 valence electrons. The van der Waals surface area contributed by atoms with Gasteiger partial charge in [0.2, 0.25) is 0 Å². The third kappa shape index (κ3) is 13.0. The molecule has 9 rings (SSSR count). The van der Waals surface area contributed by atoms with Gasteiger partial charge in [-0.25, -0.2) is 0 Å². The molecule has 3 saturated carbocycles. The molecule has 5 aliphatic heterocycles. The van der Waals surface area contributed by atoms with E-state index in [9.17, 15) is 91.9 Å². The molecular formula is C60H100O29. The molecule has 0 unspecified atom stereocenters. The number of aliphatic hydroxyl groups excluding tert-OH is 17. The van der Waals surface area contributed by atoms with E-state index in [1.807, 2.05) is 13.8 Å². The van der Waals surface area contributed by atoms with Crippen LogP contribution in [0.4, 0.5) is 0 Å². The lowest BCUT2D eigenvalue weighted by molar-refractivity contribution is -0.380. The molecule has 5 heterocycles. The molecule has 29 heteroatoms.